The Labute approximate surface area is 152 Å². The molecule has 0 amide bonds. The van der Waals surface area contributed by atoms with Gasteiger partial charge in [-0.05, 0) is 0 Å². The van der Waals surface area contributed by atoms with Crippen LogP contribution < -0.4 is 40.2 Å². The Hall–Kier alpha value is -1.20. The van der Waals surface area contributed by atoms with Crippen LogP contribution in [0.1, 0.15) is 0 Å². The normalized spacial score (nSPS) is 13.3. The molecule has 0 aliphatic rings. The van der Waals surface area contributed by atoms with E-state index in [9.17, 15) is 19.0 Å². The number of fused-ring (bicyclic) bond motifs is 1. The standard InChI is InChI=1S/C10H12N5O6P.Na/c11-9-8-10(13-5-12-9)15(6-14-8)3-7(17)4-21-22(18,19)20-2-1-16;/h1,5-6H,2-4H2,(H,18,19)(H2,11,12,13);/q;+1/p-1. The topological polar surface area (TPSA) is 162 Å². The van der Waals surface area contributed by atoms with E-state index < -0.39 is 26.8 Å². The van der Waals surface area contributed by atoms with Gasteiger partial charge in [-0.2, -0.15) is 0 Å². The predicted molar refractivity (Wildman–Crippen MR) is 70.3 cm³/mol. The van der Waals surface area contributed by atoms with E-state index in [0.29, 0.717) is 11.2 Å². The Morgan fingerprint density at radius 2 is 2.13 bits per heavy atom. The second-order valence-electron chi connectivity index (χ2n) is 4.03. The number of aldehydes is 1. The van der Waals surface area contributed by atoms with Gasteiger partial charge in [0.15, 0.2) is 17.2 Å². The zero-order chi connectivity index (χ0) is 16.2. The zero-order valence-electron chi connectivity index (χ0n) is 12.1. The number of aromatic nitrogens is 4. The average molecular weight is 351 g/mol. The quantitative estimate of drug-likeness (QED) is 0.279. The largest absolute Gasteiger partial charge is 1.00 e. The summed E-state index contributed by atoms with van der Waals surface area (Å²) in [7, 11) is -4.68. The molecule has 0 saturated heterocycles. The number of rotatable bonds is 8. The Balaban J connectivity index is 0.00000264. The number of carbonyl (C=O) groups excluding carboxylic acids is 2. The van der Waals surface area contributed by atoms with Crippen molar-refractivity contribution in [1.82, 2.24) is 19.5 Å². The first-order valence-corrected chi connectivity index (χ1v) is 7.36. The summed E-state index contributed by atoms with van der Waals surface area (Å²) >= 11 is 0. The number of phosphoric acid groups is 1. The molecule has 0 spiro atoms. The molecule has 0 fully saturated rings. The Kier molecular flexibility index (Phi) is 7.42. The second-order valence-corrected chi connectivity index (χ2v) is 5.44. The van der Waals surface area contributed by atoms with Crippen LogP contribution in [0.15, 0.2) is 12.7 Å². The van der Waals surface area contributed by atoms with E-state index in [2.05, 4.69) is 24.0 Å². The third-order valence-electron chi connectivity index (χ3n) is 2.46. The van der Waals surface area contributed by atoms with Gasteiger partial charge in [0.2, 0.25) is 0 Å². The van der Waals surface area contributed by atoms with Gasteiger partial charge in [-0.15, -0.1) is 0 Å². The minimum absolute atomic E-state index is 0. The van der Waals surface area contributed by atoms with Gasteiger partial charge in [-0.25, -0.2) is 15.0 Å². The van der Waals surface area contributed by atoms with E-state index in [0.717, 1.165) is 0 Å². The molecule has 0 radical (unpaired) electrons. The summed E-state index contributed by atoms with van der Waals surface area (Å²) < 4.78 is 21.1. The minimum atomic E-state index is -4.68. The number of Topliss-reactive ketones (excluding diaryl/α,β-unsaturated/α-hetero) is 1. The number of ketones is 1. The monoisotopic (exact) mass is 351 g/mol. The molecule has 13 heteroatoms. The first-order valence-electron chi connectivity index (χ1n) is 5.89. The van der Waals surface area contributed by atoms with E-state index in [-0.39, 0.29) is 48.2 Å². The third-order valence-corrected chi connectivity index (χ3v) is 3.37. The molecule has 118 valence electrons. The summed E-state index contributed by atoms with van der Waals surface area (Å²) in [6.07, 6.45) is 2.79. The molecule has 2 heterocycles. The first kappa shape index (κ1) is 19.8. The number of imidazole rings is 1. The molecular formula is C10H11N5NaO6P. The summed E-state index contributed by atoms with van der Waals surface area (Å²) in [5.74, 6) is -0.402. The molecule has 1 atom stereocenters. The van der Waals surface area contributed by atoms with Crippen molar-refractivity contribution < 1.29 is 57.7 Å². The van der Waals surface area contributed by atoms with Gasteiger partial charge in [0, 0.05) is 0 Å². The molecule has 1 unspecified atom stereocenters. The van der Waals surface area contributed by atoms with Crippen LogP contribution in [0.2, 0.25) is 0 Å². The van der Waals surface area contributed by atoms with Crippen LogP contribution in [0.3, 0.4) is 0 Å². The maximum absolute atomic E-state index is 11.7. The molecular weight excluding hydrogens is 340 g/mol. The van der Waals surface area contributed by atoms with E-state index in [4.69, 9.17) is 5.73 Å². The van der Waals surface area contributed by atoms with Gasteiger partial charge in [0.25, 0.3) is 7.82 Å². The van der Waals surface area contributed by atoms with Gasteiger partial charge >= 0.3 is 29.6 Å². The molecule has 11 nitrogen and oxygen atoms in total. The number of nitrogens with zero attached hydrogens (tertiary/aromatic N) is 4. The SMILES string of the molecule is Nc1ncnc2c1ncn2CC(=O)COP(=O)([O-])OCC=O.[Na+]. The predicted octanol–water partition coefficient (Wildman–Crippen LogP) is -4.32. The van der Waals surface area contributed by atoms with Gasteiger partial charge in [-0.3, -0.25) is 9.36 Å². The van der Waals surface area contributed by atoms with Crippen molar-refractivity contribution in [3.05, 3.63) is 12.7 Å². The van der Waals surface area contributed by atoms with Crippen LogP contribution in [-0.4, -0.2) is 44.8 Å². The molecule has 2 N–H and O–H groups in total. The first-order chi connectivity index (χ1) is 10.4. The summed E-state index contributed by atoms with van der Waals surface area (Å²) in [6.45, 7) is -1.63. The van der Waals surface area contributed by atoms with Crippen molar-refractivity contribution in [1.29, 1.82) is 0 Å². The van der Waals surface area contributed by atoms with E-state index in [1.54, 1.807) is 0 Å². The van der Waals surface area contributed by atoms with Crippen molar-refractivity contribution in [2.24, 2.45) is 0 Å². The van der Waals surface area contributed by atoms with Crippen molar-refractivity contribution in [2.45, 2.75) is 6.54 Å². The average Bonchev–Trinajstić information content (AvgIpc) is 2.88. The fourth-order valence-electron chi connectivity index (χ4n) is 1.56. The molecule has 0 aliphatic carbocycles. The van der Waals surface area contributed by atoms with Crippen LogP contribution in [0.5, 0.6) is 0 Å². The maximum atomic E-state index is 11.7. The third kappa shape index (κ3) is 5.43. The number of hydrogen-bond acceptors (Lipinski definition) is 10. The van der Waals surface area contributed by atoms with Crippen molar-refractivity contribution in [2.75, 3.05) is 18.9 Å². The molecule has 2 rings (SSSR count). The van der Waals surface area contributed by atoms with Gasteiger partial charge < -0.3 is 29.0 Å². The van der Waals surface area contributed by atoms with Crippen LogP contribution in [-0.2, 0) is 29.7 Å². The Morgan fingerprint density at radius 1 is 1.39 bits per heavy atom. The Bertz CT molecular complexity index is 752. The van der Waals surface area contributed by atoms with Crippen molar-refractivity contribution in [3.63, 3.8) is 0 Å². The molecule has 2 aromatic rings. The number of hydrogen-bond donors (Lipinski definition) is 1. The fourth-order valence-corrected chi connectivity index (χ4v) is 2.18. The number of nitrogen functional groups attached to an aromatic ring is 1. The second kappa shape index (κ2) is 8.60. The fraction of sp³-hybridized carbons (Fsp3) is 0.300. The summed E-state index contributed by atoms with van der Waals surface area (Å²) in [5.41, 5.74) is 6.27. The van der Waals surface area contributed by atoms with Crippen LogP contribution in [0.4, 0.5) is 5.82 Å². The zero-order valence-corrected chi connectivity index (χ0v) is 15.0. The molecule has 0 aromatic carbocycles. The molecule has 0 saturated carbocycles. The summed E-state index contributed by atoms with van der Waals surface area (Å²) in [6, 6.07) is 0. The smallest absolute Gasteiger partial charge is 0.756 e. The number of nitrogens with two attached hydrogens (primary N) is 1. The van der Waals surface area contributed by atoms with Gasteiger partial charge in [0.05, 0.1) is 12.9 Å². The van der Waals surface area contributed by atoms with Gasteiger partial charge in [0.1, 0.15) is 31.3 Å². The van der Waals surface area contributed by atoms with E-state index in [1.807, 2.05) is 0 Å². The summed E-state index contributed by atoms with van der Waals surface area (Å²) in [4.78, 5) is 44.6. The molecule has 0 bridgehead atoms. The maximum Gasteiger partial charge on any atom is 1.00 e. The summed E-state index contributed by atoms with van der Waals surface area (Å²) in [5, 5.41) is 0. The number of anilines is 1. The minimum Gasteiger partial charge on any atom is -0.756 e. The van der Waals surface area contributed by atoms with Gasteiger partial charge in [-0.1, -0.05) is 0 Å². The van der Waals surface area contributed by atoms with Crippen molar-refractivity contribution in [3.8, 4) is 0 Å². The molecule has 23 heavy (non-hydrogen) atoms. The van der Waals surface area contributed by atoms with Crippen LogP contribution in [0, 0.1) is 0 Å². The van der Waals surface area contributed by atoms with E-state index in [1.165, 1.54) is 17.2 Å². The van der Waals surface area contributed by atoms with E-state index >= 15 is 0 Å². The Morgan fingerprint density at radius 3 is 2.83 bits per heavy atom. The number of phosphoric ester groups is 1. The van der Waals surface area contributed by atoms with Crippen LogP contribution in [0.25, 0.3) is 11.2 Å². The van der Waals surface area contributed by atoms with Crippen molar-refractivity contribution >= 4 is 36.9 Å². The number of carbonyl (C=O) groups is 2. The molecule has 0 aliphatic heterocycles. The van der Waals surface area contributed by atoms with Crippen LogP contribution >= 0.6 is 7.82 Å². The molecule has 2 aromatic heterocycles.